The fourth-order valence-corrected chi connectivity index (χ4v) is 0.812. The second kappa shape index (κ2) is 3.05. The summed E-state index contributed by atoms with van der Waals surface area (Å²) in [6.45, 7) is 0. The lowest BCUT2D eigenvalue weighted by atomic mass is 10.2. The molecule has 0 saturated carbocycles. The molecular formula is C6H8N4O2. The lowest BCUT2D eigenvalue weighted by molar-refractivity contribution is 0.389. The van der Waals surface area contributed by atoms with Gasteiger partial charge >= 0.3 is 0 Å². The minimum Gasteiger partial charge on any atom is -0.397 e. The molecule has 0 aliphatic carbocycles. The van der Waals surface area contributed by atoms with Gasteiger partial charge in [-0.3, -0.25) is 10.7 Å². The third-order valence-electron chi connectivity index (χ3n) is 1.46. The zero-order chi connectivity index (χ0) is 9.14. The molecular weight excluding hydrogens is 160 g/mol. The number of hydrogen-bond acceptors (Lipinski definition) is 6. The van der Waals surface area contributed by atoms with Crippen molar-refractivity contribution in [2.24, 2.45) is 5.18 Å². The first-order valence-electron chi connectivity index (χ1n) is 3.12. The van der Waals surface area contributed by atoms with Gasteiger partial charge in [-0.25, -0.2) is 0 Å². The number of hydrogen-bond donors (Lipinski definition) is 4. The van der Waals surface area contributed by atoms with Crippen molar-refractivity contribution in [2.75, 3.05) is 16.9 Å². The number of nitrogen functional groups attached to an aromatic ring is 2. The van der Waals surface area contributed by atoms with Gasteiger partial charge in [0.2, 0.25) is 0 Å². The molecule has 0 fully saturated rings. The number of rotatable bonds is 2. The van der Waals surface area contributed by atoms with Crippen molar-refractivity contribution in [1.82, 2.24) is 0 Å². The first-order chi connectivity index (χ1) is 5.70. The smallest absolute Gasteiger partial charge is 0.158 e. The van der Waals surface area contributed by atoms with Crippen LogP contribution < -0.4 is 16.9 Å². The molecule has 1 aromatic carbocycles. The Kier molecular flexibility index (Phi) is 2.11. The zero-order valence-electron chi connectivity index (χ0n) is 6.11. The second-order valence-corrected chi connectivity index (χ2v) is 2.17. The molecule has 0 aromatic heterocycles. The Morgan fingerprint density at radius 2 is 2.08 bits per heavy atom. The van der Waals surface area contributed by atoms with Crippen molar-refractivity contribution in [3.63, 3.8) is 0 Å². The first kappa shape index (κ1) is 8.28. The maximum Gasteiger partial charge on any atom is 0.158 e. The van der Waals surface area contributed by atoms with Crippen LogP contribution in [0.1, 0.15) is 0 Å². The van der Waals surface area contributed by atoms with E-state index in [4.69, 9.17) is 16.7 Å². The molecule has 0 aliphatic rings. The molecule has 6 N–H and O–H groups in total. The summed E-state index contributed by atoms with van der Waals surface area (Å²) < 4.78 is 0. The van der Waals surface area contributed by atoms with Gasteiger partial charge in [0.05, 0.1) is 17.1 Å². The van der Waals surface area contributed by atoms with E-state index in [1.165, 1.54) is 12.1 Å². The van der Waals surface area contributed by atoms with Crippen LogP contribution in [0.5, 0.6) is 0 Å². The van der Waals surface area contributed by atoms with Gasteiger partial charge in [-0.15, -0.1) is 4.91 Å². The zero-order valence-corrected chi connectivity index (χ0v) is 6.11. The quantitative estimate of drug-likeness (QED) is 0.299. The average Bonchev–Trinajstić information content (AvgIpc) is 2.09. The van der Waals surface area contributed by atoms with Crippen LogP contribution in [0.25, 0.3) is 0 Å². The van der Waals surface area contributed by atoms with E-state index in [-0.39, 0.29) is 22.7 Å². The minimum atomic E-state index is -0.0856. The van der Waals surface area contributed by atoms with Crippen molar-refractivity contribution in [3.8, 4) is 0 Å². The molecule has 0 unspecified atom stereocenters. The highest BCUT2D eigenvalue weighted by molar-refractivity contribution is 5.85. The van der Waals surface area contributed by atoms with Crippen LogP contribution in [0, 0.1) is 4.91 Å². The van der Waals surface area contributed by atoms with Gasteiger partial charge in [0.15, 0.2) is 5.69 Å². The molecule has 0 bridgehead atoms. The van der Waals surface area contributed by atoms with Crippen molar-refractivity contribution in [1.29, 1.82) is 0 Å². The molecule has 0 atom stereocenters. The molecule has 0 aliphatic heterocycles. The largest absolute Gasteiger partial charge is 0.397 e. The second-order valence-electron chi connectivity index (χ2n) is 2.17. The van der Waals surface area contributed by atoms with Crippen LogP contribution in [0.15, 0.2) is 17.3 Å². The standard InChI is InChI=1S/C6H8N4O2/c7-3-1-2-4(9-11)6(10-12)5(3)8/h1-2,9,11H,7-8H2. The third kappa shape index (κ3) is 1.15. The molecule has 0 radical (unpaired) electrons. The van der Waals surface area contributed by atoms with Gasteiger partial charge in [-0.05, 0) is 17.3 Å². The average molecular weight is 168 g/mol. The highest BCUT2D eigenvalue weighted by atomic mass is 16.5. The summed E-state index contributed by atoms with van der Waals surface area (Å²) in [6, 6.07) is 2.87. The van der Waals surface area contributed by atoms with Gasteiger partial charge < -0.3 is 11.5 Å². The number of benzene rings is 1. The maximum absolute atomic E-state index is 10.2. The van der Waals surface area contributed by atoms with Crippen LogP contribution in [0.4, 0.5) is 22.7 Å². The highest BCUT2D eigenvalue weighted by Gasteiger charge is 2.08. The molecule has 0 spiro atoms. The van der Waals surface area contributed by atoms with E-state index in [1.807, 2.05) is 0 Å². The van der Waals surface area contributed by atoms with E-state index in [2.05, 4.69) is 5.18 Å². The number of nitrogens with two attached hydrogens (primary N) is 2. The molecule has 6 nitrogen and oxygen atoms in total. The Hall–Kier alpha value is -1.82. The Morgan fingerprint density at radius 3 is 2.58 bits per heavy atom. The van der Waals surface area contributed by atoms with Crippen LogP contribution >= 0.6 is 0 Å². The molecule has 64 valence electrons. The van der Waals surface area contributed by atoms with Gasteiger partial charge in [-0.1, -0.05) is 0 Å². The molecule has 0 saturated heterocycles. The molecule has 12 heavy (non-hydrogen) atoms. The van der Waals surface area contributed by atoms with Crippen molar-refractivity contribution in [2.45, 2.75) is 0 Å². The predicted molar refractivity (Wildman–Crippen MR) is 46.1 cm³/mol. The topological polar surface area (TPSA) is 114 Å². The van der Waals surface area contributed by atoms with Gasteiger partial charge in [0.25, 0.3) is 0 Å². The molecule has 0 amide bonds. The number of anilines is 3. The summed E-state index contributed by atoms with van der Waals surface area (Å²) in [5.41, 5.74) is 12.9. The van der Waals surface area contributed by atoms with Crippen LogP contribution in [-0.2, 0) is 0 Å². The molecule has 6 heteroatoms. The SMILES string of the molecule is Nc1ccc(NO)c(N=O)c1N. The van der Waals surface area contributed by atoms with E-state index in [1.54, 1.807) is 5.48 Å². The molecule has 1 aromatic rings. The van der Waals surface area contributed by atoms with Crippen molar-refractivity contribution in [3.05, 3.63) is 17.0 Å². The molecule has 0 heterocycles. The third-order valence-corrected chi connectivity index (χ3v) is 1.46. The normalized spacial score (nSPS) is 9.42. The van der Waals surface area contributed by atoms with Crippen LogP contribution in [0.2, 0.25) is 0 Å². The lowest BCUT2D eigenvalue weighted by Gasteiger charge is -2.05. The van der Waals surface area contributed by atoms with E-state index >= 15 is 0 Å². The maximum atomic E-state index is 10.2. The lowest BCUT2D eigenvalue weighted by Crippen LogP contribution is -1.98. The van der Waals surface area contributed by atoms with Crippen molar-refractivity contribution >= 4 is 22.7 Å². The highest BCUT2D eigenvalue weighted by Crippen LogP contribution is 2.34. The Labute approximate surface area is 68.1 Å². The Bertz CT molecular complexity index is 313. The fraction of sp³-hybridized carbons (Fsp3) is 0. The van der Waals surface area contributed by atoms with Crippen LogP contribution in [0.3, 0.4) is 0 Å². The monoisotopic (exact) mass is 168 g/mol. The minimum absolute atomic E-state index is 0.0593. The van der Waals surface area contributed by atoms with Crippen LogP contribution in [-0.4, -0.2) is 5.21 Å². The van der Waals surface area contributed by atoms with Gasteiger partial charge in [0, 0.05) is 0 Å². The van der Waals surface area contributed by atoms with Gasteiger partial charge in [-0.2, -0.15) is 0 Å². The first-order valence-corrected chi connectivity index (χ1v) is 3.12. The van der Waals surface area contributed by atoms with Gasteiger partial charge in [0.1, 0.15) is 0 Å². The summed E-state index contributed by atoms with van der Waals surface area (Å²) in [6.07, 6.45) is 0. The summed E-state index contributed by atoms with van der Waals surface area (Å²) in [5, 5.41) is 11.1. The summed E-state index contributed by atoms with van der Waals surface area (Å²) in [4.78, 5) is 10.2. The summed E-state index contributed by atoms with van der Waals surface area (Å²) in [5.74, 6) is 0. The van der Waals surface area contributed by atoms with Crippen molar-refractivity contribution < 1.29 is 5.21 Å². The predicted octanol–water partition coefficient (Wildman–Crippen LogP) is 1.05. The fourth-order valence-electron chi connectivity index (χ4n) is 0.812. The Balaban J connectivity index is 3.35. The number of nitrogens with zero attached hydrogens (tertiary/aromatic N) is 1. The summed E-state index contributed by atoms with van der Waals surface area (Å²) in [7, 11) is 0. The molecule has 1 rings (SSSR count). The van der Waals surface area contributed by atoms with E-state index < -0.39 is 0 Å². The Morgan fingerprint density at radius 1 is 1.42 bits per heavy atom. The summed E-state index contributed by atoms with van der Waals surface area (Å²) >= 11 is 0. The van der Waals surface area contributed by atoms with E-state index in [9.17, 15) is 4.91 Å². The number of nitrogens with one attached hydrogen (secondary N) is 1. The van der Waals surface area contributed by atoms with E-state index in [0.717, 1.165) is 0 Å². The number of nitroso groups, excluding NO2 is 1. The van der Waals surface area contributed by atoms with E-state index in [0.29, 0.717) is 0 Å².